The first-order valence-corrected chi connectivity index (χ1v) is 6.44. The SMILES string of the molecule is Cc1cc(Cl)c(-c2ccc(CN)s2)cc1Cl. The molecule has 4 heteroatoms. The first-order valence-electron chi connectivity index (χ1n) is 4.86. The van der Waals surface area contributed by atoms with Crippen LogP contribution in [0.5, 0.6) is 0 Å². The van der Waals surface area contributed by atoms with Crippen LogP contribution in [0, 0.1) is 6.92 Å². The smallest absolute Gasteiger partial charge is 0.0496 e. The largest absolute Gasteiger partial charge is 0.326 e. The van der Waals surface area contributed by atoms with Crippen molar-refractivity contribution in [3.05, 3.63) is 44.8 Å². The van der Waals surface area contributed by atoms with Gasteiger partial charge in [0.15, 0.2) is 0 Å². The van der Waals surface area contributed by atoms with E-state index in [-0.39, 0.29) is 0 Å². The van der Waals surface area contributed by atoms with Crippen LogP contribution in [0.2, 0.25) is 10.0 Å². The summed E-state index contributed by atoms with van der Waals surface area (Å²) >= 11 is 13.9. The molecule has 0 spiro atoms. The highest BCUT2D eigenvalue weighted by Crippen LogP contribution is 2.36. The summed E-state index contributed by atoms with van der Waals surface area (Å²) in [5.74, 6) is 0. The van der Waals surface area contributed by atoms with E-state index in [2.05, 4.69) is 0 Å². The average Bonchev–Trinajstić information content (AvgIpc) is 2.71. The van der Waals surface area contributed by atoms with Gasteiger partial charge < -0.3 is 5.73 Å². The molecule has 0 aliphatic carbocycles. The van der Waals surface area contributed by atoms with Gasteiger partial charge in [-0.15, -0.1) is 11.3 Å². The van der Waals surface area contributed by atoms with E-state index < -0.39 is 0 Å². The molecule has 0 fully saturated rings. The predicted octanol–water partition coefficient (Wildman–Crippen LogP) is 4.49. The third kappa shape index (κ3) is 2.25. The first-order chi connectivity index (χ1) is 7.61. The molecule has 0 radical (unpaired) electrons. The monoisotopic (exact) mass is 271 g/mol. The summed E-state index contributed by atoms with van der Waals surface area (Å²) in [7, 11) is 0. The van der Waals surface area contributed by atoms with Gasteiger partial charge in [-0.25, -0.2) is 0 Å². The molecule has 2 N–H and O–H groups in total. The van der Waals surface area contributed by atoms with E-state index in [0.717, 1.165) is 30.9 Å². The van der Waals surface area contributed by atoms with Crippen LogP contribution in [-0.4, -0.2) is 0 Å². The van der Waals surface area contributed by atoms with Gasteiger partial charge in [0, 0.05) is 31.9 Å². The van der Waals surface area contributed by atoms with Crippen molar-refractivity contribution >= 4 is 34.5 Å². The fourth-order valence-corrected chi connectivity index (χ4v) is 2.92. The molecule has 1 aromatic heterocycles. The second-order valence-electron chi connectivity index (χ2n) is 3.55. The molecule has 0 saturated heterocycles. The summed E-state index contributed by atoms with van der Waals surface area (Å²) < 4.78 is 0. The quantitative estimate of drug-likeness (QED) is 0.856. The molecule has 1 nitrogen and oxygen atoms in total. The van der Waals surface area contributed by atoms with Gasteiger partial charge in [-0.1, -0.05) is 23.2 Å². The van der Waals surface area contributed by atoms with Gasteiger partial charge in [0.2, 0.25) is 0 Å². The van der Waals surface area contributed by atoms with Gasteiger partial charge in [-0.3, -0.25) is 0 Å². The second kappa shape index (κ2) is 4.76. The Balaban J connectivity index is 2.51. The number of hydrogen-bond donors (Lipinski definition) is 1. The zero-order valence-electron chi connectivity index (χ0n) is 8.76. The maximum atomic E-state index is 6.21. The number of rotatable bonds is 2. The van der Waals surface area contributed by atoms with Crippen LogP contribution in [-0.2, 0) is 6.54 Å². The van der Waals surface area contributed by atoms with Gasteiger partial charge in [0.1, 0.15) is 0 Å². The predicted molar refractivity (Wildman–Crippen MR) is 72.4 cm³/mol. The van der Waals surface area contributed by atoms with Crippen molar-refractivity contribution in [3.63, 3.8) is 0 Å². The molecule has 0 unspecified atom stereocenters. The van der Waals surface area contributed by atoms with Gasteiger partial charge in [-0.05, 0) is 36.8 Å². The van der Waals surface area contributed by atoms with Crippen LogP contribution in [0.15, 0.2) is 24.3 Å². The van der Waals surface area contributed by atoms with E-state index in [1.165, 1.54) is 0 Å². The number of thiophene rings is 1. The van der Waals surface area contributed by atoms with E-state index in [1.807, 2.05) is 31.2 Å². The topological polar surface area (TPSA) is 26.0 Å². The summed E-state index contributed by atoms with van der Waals surface area (Å²) in [6.07, 6.45) is 0. The van der Waals surface area contributed by atoms with Gasteiger partial charge in [0.05, 0.1) is 0 Å². The number of aryl methyl sites for hydroxylation is 1. The lowest BCUT2D eigenvalue weighted by Crippen LogP contribution is -1.91. The van der Waals surface area contributed by atoms with Crippen molar-refractivity contribution in [3.8, 4) is 10.4 Å². The van der Waals surface area contributed by atoms with E-state index in [0.29, 0.717) is 6.54 Å². The molecule has 0 saturated carbocycles. The average molecular weight is 272 g/mol. The maximum absolute atomic E-state index is 6.21. The molecular weight excluding hydrogens is 261 g/mol. The number of benzene rings is 1. The minimum absolute atomic E-state index is 0.557. The van der Waals surface area contributed by atoms with Crippen molar-refractivity contribution < 1.29 is 0 Å². The van der Waals surface area contributed by atoms with Crippen molar-refractivity contribution in [2.24, 2.45) is 5.73 Å². The van der Waals surface area contributed by atoms with Crippen LogP contribution in [0.4, 0.5) is 0 Å². The molecule has 2 aromatic rings. The van der Waals surface area contributed by atoms with Crippen molar-refractivity contribution in [1.29, 1.82) is 0 Å². The molecule has 2 rings (SSSR count). The van der Waals surface area contributed by atoms with Gasteiger partial charge in [0.25, 0.3) is 0 Å². The van der Waals surface area contributed by atoms with Crippen LogP contribution in [0.3, 0.4) is 0 Å². The number of nitrogens with two attached hydrogens (primary N) is 1. The molecule has 1 aromatic carbocycles. The zero-order chi connectivity index (χ0) is 11.7. The van der Waals surface area contributed by atoms with E-state index in [4.69, 9.17) is 28.9 Å². The lowest BCUT2D eigenvalue weighted by atomic mass is 10.1. The standard InChI is InChI=1S/C12H11Cl2NS/c1-7-4-11(14)9(5-10(7)13)12-3-2-8(6-15)16-12/h2-5H,6,15H2,1H3. The minimum atomic E-state index is 0.557. The van der Waals surface area contributed by atoms with Crippen molar-refractivity contribution in [1.82, 2.24) is 0 Å². The van der Waals surface area contributed by atoms with Crippen LogP contribution in [0.25, 0.3) is 10.4 Å². The molecule has 0 aliphatic rings. The van der Waals surface area contributed by atoms with E-state index in [9.17, 15) is 0 Å². The van der Waals surface area contributed by atoms with E-state index in [1.54, 1.807) is 11.3 Å². The third-order valence-electron chi connectivity index (χ3n) is 2.38. The Bertz CT molecular complexity index is 520. The molecule has 0 atom stereocenters. The fourth-order valence-electron chi connectivity index (χ4n) is 1.47. The Labute approximate surface area is 109 Å². The molecule has 0 aliphatic heterocycles. The summed E-state index contributed by atoms with van der Waals surface area (Å²) in [4.78, 5) is 2.25. The van der Waals surface area contributed by atoms with Gasteiger partial charge in [-0.2, -0.15) is 0 Å². The Morgan fingerprint density at radius 3 is 2.56 bits per heavy atom. The first kappa shape index (κ1) is 11.9. The second-order valence-corrected chi connectivity index (χ2v) is 5.53. The van der Waals surface area contributed by atoms with Crippen LogP contribution < -0.4 is 5.73 Å². The molecule has 0 amide bonds. The highest BCUT2D eigenvalue weighted by atomic mass is 35.5. The summed E-state index contributed by atoms with van der Waals surface area (Å²) in [6, 6.07) is 7.84. The Kier molecular flexibility index (Phi) is 3.55. The highest BCUT2D eigenvalue weighted by molar-refractivity contribution is 7.15. The van der Waals surface area contributed by atoms with Crippen molar-refractivity contribution in [2.75, 3.05) is 0 Å². The number of halogens is 2. The molecular formula is C12H11Cl2NS. The maximum Gasteiger partial charge on any atom is 0.0496 e. The van der Waals surface area contributed by atoms with Gasteiger partial charge >= 0.3 is 0 Å². The Morgan fingerprint density at radius 2 is 1.94 bits per heavy atom. The summed E-state index contributed by atoms with van der Waals surface area (Å²) in [5, 5.41) is 1.47. The highest BCUT2D eigenvalue weighted by Gasteiger charge is 2.09. The lowest BCUT2D eigenvalue weighted by Gasteiger charge is -2.05. The fraction of sp³-hybridized carbons (Fsp3) is 0.167. The Morgan fingerprint density at radius 1 is 1.19 bits per heavy atom. The lowest BCUT2D eigenvalue weighted by molar-refractivity contribution is 1.11. The third-order valence-corrected chi connectivity index (χ3v) is 4.24. The Hall–Kier alpha value is -0.540. The molecule has 1 heterocycles. The summed E-state index contributed by atoms with van der Waals surface area (Å²) in [6.45, 7) is 2.50. The minimum Gasteiger partial charge on any atom is -0.326 e. The zero-order valence-corrected chi connectivity index (χ0v) is 11.1. The normalized spacial score (nSPS) is 10.8. The van der Waals surface area contributed by atoms with Crippen LogP contribution >= 0.6 is 34.5 Å². The molecule has 0 bridgehead atoms. The molecule has 16 heavy (non-hydrogen) atoms. The van der Waals surface area contributed by atoms with Crippen molar-refractivity contribution in [2.45, 2.75) is 13.5 Å². The van der Waals surface area contributed by atoms with E-state index >= 15 is 0 Å². The summed E-state index contributed by atoms with van der Waals surface area (Å²) in [5.41, 5.74) is 7.55. The van der Waals surface area contributed by atoms with Crippen LogP contribution in [0.1, 0.15) is 10.4 Å². The molecule has 84 valence electrons. The number of hydrogen-bond acceptors (Lipinski definition) is 2.